The van der Waals surface area contributed by atoms with E-state index in [4.69, 9.17) is 0 Å². The molecule has 0 saturated heterocycles. The second-order valence-corrected chi connectivity index (χ2v) is 5.04. The van der Waals surface area contributed by atoms with E-state index in [1.807, 2.05) is 19.1 Å². The molecule has 0 amide bonds. The lowest BCUT2D eigenvalue weighted by Gasteiger charge is -2.11. The summed E-state index contributed by atoms with van der Waals surface area (Å²) in [5, 5.41) is 4.08. The first-order chi connectivity index (χ1) is 10.8. The molecular formula is C15H11F4N3O. The molecule has 0 spiro atoms. The summed E-state index contributed by atoms with van der Waals surface area (Å²) in [5.74, 6) is -1.92. The number of fused-ring (bicyclic) bond motifs is 1. The molecule has 2 aromatic heterocycles. The van der Waals surface area contributed by atoms with Gasteiger partial charge in [-0.1, -0.05) is 6.07 Å². The van der Waals surface area contributed by atoms with E-state index in [0.29, 0.717) is 17.6 Å². The number of aromatic nitrogens is 3. The average Bonchev–Trinajstić information content (AvgIpc) is 2.88. The highest BCUT2D eigenvalue weighted by molar-refractivity contribution is 5.43. The molecule has 4 nitrogen and oxygen atoms in total. The van der Waals surface area contributed by atoms with Gasteiger partial charge >= 0.3 is 6.36 Å². The SMILES string of the molecule is Cc1cc(Cc2ccc(OC(F)(F)F)c(F)c2)n2ncnc2c1. The maximum atomic E-state index is 13.8. The van der Waals surface area contributed by atoms with Crippen molar-refractivity contribution in [2.24, 2.45) is 0 Å². The van der Waals surface area contributed by atoms with Crippen LogP contribution in [0.15, 0.2) is 36.7 Å². The molecule has 0 radical (unpaired) electrons. The monoisotopic (exact) mass is 325 g/mol. The fourth-order valence-electron chi connectivity index (χ4n) is 2.34. The molecule has 0 fully saturated rings. The van der Waals surface area contributed by atoms with Crippen LogP contribution in [0.4, 0.5) is 17.6 Å². The first-order valence-electron chi connectivity index (χ1n) is 6.65. The molecule has 1 aromatic carbocycles. The van der Waals surface area contributed by atoms with E-state index in [-0.39, 0.29) is 0 Å². The molecule has 0 aliphatic carbocycles. The van der Waals surface area contributed by atoms with Crippen molar-refractivity contribution in [1.82, 2.24) is 14.6 Å². The van der Waals surface area contributed by atoms with E-state index in [9.17, 15) is 17.6 Å². The van der Waals surface area contributed by atoms with Gasteiger partial charge in [-0.2, -0.15) is 5.10 Å². The zero-order valence-electron chi connectivity index (χ0n) is 11.9. The molecule has 0 bridgehead atoms. The number of halogens is 4. The van der Waals surface area contributed by atoms with E-state index in [0.717, 1.165) is 23.4 Å². The number of aryl methyl sites for hydroxylation is 1. The summed E-state index contributed by atoms with van der Waals surface area (Å²) in [4.78, 5) is 4.09. The van der Waals surface area contributed by atoms with Crippen LogP contribution in [0, 0.1) is 12.7 Å². The predicted octanol–water partition coefficient (Wildman–Crippen LogP) is 3.67. The van der Waals surface area contributed by atoms with Crippen molar-refractivity contribution in [2.75, 3.05) is 0 Å². The average molecular weight is 325 g/mol. The lowest BCUT2D eigenvalue weighted by Crippen LogP contribution is -2.18. The minimum absolute atomic E-state index is 0.296. The number of alkyl halides is 3. The third-order valence-corrected chi connectivity index (χ3v) is 3.20. The fourth-order valence-corrected chi connectivity index (χ4v) is 2.34. The lowest BCUT2D eigenvalue weighted by atomic mass is 10.1. The molecule has 8 heteroatoms. The van der Waals surface area contributed by atoms with Gasteiger partial charge in [0.1, 0.15) is 6.33 Å². The van der Waals surface area contributed by atoms with Crippen molar-refractivity contribution in [2.45, 2.75) is 19.7 Å². The molecule has 0 N–H and O–H groups in total. The van der Waals surface area contributed by atoms with Crippen LogP contribution in [-0.2, 0) is 6.42 Å². The van der Waals surface area contributed by atoms with Crippen molar-refractivity contribution in [3.05, 3.63) is 59.3 Å². The van der Waals surface area contributed by atoms with Gasteiger partial charge in [-0.3, -0.25) is 0 Å². The summed E-state index contributed by atoms with van der Waals surface area (Å²) in [7, 11) is 0. The fraction of sp³-hybridized carbons (Fsp3) is 0.200. The maximum Gasteiger partial charge on any atom is 0.573 e. The standard InChI is InChI=1S/C15H11F4N3O/c1-9-4-11(22-14(5-9)20-8-21-22)6-10-2-3-13(12(16)7-10)23-15(17,18)19/h2-5,7-8H,6H2,1H3. The smallest absolute Gasteiger partial charge is 0.403 e. The second kappa shape index (κ2) is 5.53. The van der Waals surface area contributed by atoms with Gasteiger partial charge in [0.05, 0.1) is 0 Å². The van der Waals surface area contributed by atoms with Crippen LogP contribution in [-0.4, -0.2) is 21.0 Å². The van der Waals surface area contributed by atoms with Crippen LogP contribution >= 0.6 is 0 Å². The molecule has 2 heterocycles. The van der Waals surface area contributed by atoms with Crippen molar-refractivity contribution < 1.29 is 22.3 Å². The van der Waals surface area contributed by atoms with Crippen molar-refractivity contribution in [3.63, 3.8) is 0 Å². The third-order valence-electron chi connectivity index (χ3n) is 3.20. The highest BCUT2D eigenvalue weighted by atomic mass is 19.4. The Morgan fingerprint density at radius 2 is 1.96 bits per heavy atom. The summed E-state index contributed by atoms with van der Waals surface area (Å²) in [6.07, 6.45) is -3.23. The molecule has 23 heavy (non-hydrogen) atoms. The van der Waals surface area contributed by atoms with Crippen LogP contribution in [0.5, 0.6) is 5.75 Å². The Kier molecular flexibility index (Phi) is 3.67. The second-order valence-electron chi connectivity index (χ2n) is 5.04. The largest absolute Gasteiger partial charge is 0.573 e. The summed E-state index contributed by atoms with van der Waals surface area (Å²) < 4.78 is 55.4. The Morgan fingerprint density at radius 1 is 1.17 bits per heavy atom. The molecule has 0 saturated carbocycles. The number of benzene rings is 1. The molecule has 3 aromatic rings. The predicted molar refractivity (Wildman–Crippen MR) is 73.6 cm³/mol. The Bertz CT molecular complexity index is 858. The topological polar surface area (TPSA) is 39.4 Å². The Hall–Kier alpha value is -2.64. The number of hydrogen-bond donors (Lipinski definition) is 0. The number of hydrogen-bond acceptors (Lipinski definition) is 3. The van der Waals surface area contributed by atoms with E-state index in [1.54, 1.807) is 4.52 Å². The number of rotatable bonds is 3. The Balaban J connectivity index is 1.91. The van der Waals surface area contributed by atoms with Gasteiger partial charge in [-0.05, 0) is 42.3 Å². The molecule has 0 unspecified atom stereocenters. The summed E-state index contributed by atoms with van der Waals surface area (Å²) in [6, 6.07) is 7.07. The van der Waals surface area contributed by atoms with Crippen LogP contribution in [0.1, 0.15) is 16.8 Å². The first-order valence-corrected chi connectivity index (χ1v) is 6.65. The van der Waals surface area contributed by atoms with E-state index >= 15 is 0 Å². The normalized spacial score (nSPS) is 11.9. The van der Waals surface area contributed by atoms with Crippen molar-refractivity contribution in [1.29, 1.82) is 0 Å². The zero-order chi connectivity index (χ0) is 16.6. The van der Waals surface area contributed by atoms with Gasteiger partial charge in [-0.15, -0.1) is 13.2 Å². The highest BCUT2D eigenvalue weighted by Gasteiger charge is 2.32. The van der Waals surface area contributed by atoms with Gasteiger partial charge < -0.3 is 4.74 Å². The maximum absolute atomic E-state index is 13.8. The molecule has 3 rings (SSSR count). The molecule has 120 valence electrons. The molecular weight excluding hydrogens is 314 g/mol. The number of ether oxygens (including phenoxy) is 1. The molecule has 0 aliphatic heterocycles. The van der Waals surface area contributed by atoms with Gasteiger partial charge in [0, 0.05) is 12.1 Å². The summed E-state index contributed by atoms with van der Waals surface area (Å²) in [6.45, 7) is 1.89. The zero-order valence-corrected chi connectivity index (χ0v) is 11.9. The van der Waals surface area contributed by atoms with Gasteiger partial charge in [0.2, 0.25) is 0 Å². The van der Waals surface area contributed by atoms with Crippen molar-refractivity contribution >= 4 is 5.65 Å². The van der Waals surface area contributed by atoms with Crippen LogP contribution in [0.3, 0.4) is 0 Å². The minimum Gasteiger partial charge on any atom is -0.403 e. The molecule has 0 atom stereocenters. The van der Waals surface area contributed by atoms with E-state index < -0.39 is 17.9 Å². The third kappa shape index (κ3) is 3.41. The van der Waals surface area contributed by atoms with Gasteiger partial charge in [0.15, 0.2) is 17.2 Å². The first kappa shape index (κ1) is 15.3. The highest BCUT2D eigenvalue weighted by Crippen LogP contribution is 2.26. The summed E-state index contributed by atoms with van der Waals surface area (Å²) >= 11 is 0. The van der Waals surface area contributed by atoms with Crippen molar-refractivity contribution in [3.8, 4) is 5.75 Å². The van der Waals surface area contributed by atoms with E-state index in [1.165, 1.54) is 12.4 Å². The number of pyridine rings is 1. The van der Waals surface area contributed by atoms with Crippen LogP contribution < -0.4 is 4.74 Å². The Labute approximate surface area is 128 Å². The number of nitrogens with zero attached hydrogens (tertiary/aromatic N) is 3. The Morgan fingerprint density at radius 3 is 2.65 bits per heavy atom. The quantitative estimate of drug-likeness (QED) is 0.690. The summed E-state index contributed by atoms with van der Waals surface area (Å²) in [5.41, 5.74) is 2.86. The molecule has 0 aliphatic rings. The minimum atomic E-state index is -4.92. The van der Waals surface area contributed by atoms with Gasteiger partial charge in [-0.25, -0.2) is 13.9 Å². The van der Waals surface area contributed by atoms with Crippen LogP contribution in [0.2, 0.25) is 0 Å². The van der Waals surface area contributed by atoms with Gasteiger partial charge in [0.25, 0.3) is 0 Å². The van der Waals surface area contributed by atoms with E-state index in [2.05, 4.69) is 14.8 Å². The van der Waals surface area contributed by atoms with Crippen LogP contribution in [0.25, 0.3) is 5.65 Å². The lowest BCUT2D eigenvalue weighted by molar-refractivity contribution is -0.275.